The van der Waals surface area contributed by atoms with Crippen LogP contribution in [0.1, 0.15) is 58.2 Å². The summed E-state index contributed by atoms with van der Waals surface area (Å²) in [5, 5.41) is 11.7. The third-order valence-corrected chi connectivity index (χ3v) is 5.33. The van der Waals surface area contributed by atoms with Crippen LogP contribution >= 0.6 is 0 Å². The van der Waals surface area contributed by atoms with Crippen LogP contribution in [0.25, 0.3) is 22.0 Å². The third kappa shape index (κ3) is 8.81. The first-order chi connectivity index (χ1) is 15.5. The molecule has 1 heterocycles. The molecule has 185 valence electrons. The van der Waals surface area contributed by atoms with Gasteiger partial charge >= 0.3 is 0 Å². The molecule has 0 aliphatic rings. The number of aliphatic hydroxyl groups excluding tert-OH is 1. The van der Waals surface area contributed by atoms with Crippen LogP contribution in [-0.2, 0) is 31.3 Å². The zero-order valence-electron chi connectivity index (χ0n) is 21.7. The normalized spacial score (nSPS) is 11.4. The number of allylic oxidation sites excluding steroid dienone is 2. The van der Waals surface area contributed by atoms with E-state index in [1.54, 1.807) is 0 Å². The number of aryl methyl sites for hydroxylation is 2. The van der Waals surface area contributed by atoms with E-state index in [0.29, 0.717) is 5.92 Å². The number of hydrogen-bond acceptors (Lipinski definition) is 3. The van der Waals surface area contributed by atoms with E-state index in [4.69, 9.17) is 0 Å². The van der Waals surface area contributed by atoms with Crippen LogP contribution in [-0.4, -0.2) is 15.9 Å². The SMILES string of the molecule is CC(C)C(=O)/C=C(\O)C(C)C.Cc1[c-]c(-c2nccc3cc(CC(C)C)ccc23)cc(C)c1.[Ir]. The molecule has 3 rings (SSSR count). The zero-order valence-corrected chi connectivity index (χ0v) is 24.1. The summed E-state index contributed by atoms with van der Waals surface area (Å²) >= 11 is 0. The largest absolute Gasteiger partial charge is 0.512 e. The average Bonchev–Trinajstić information content (AvgIpc) is 2.72. The van der Waals surface area contributed by atoms with E-state index in [1.165, 1.54) is 28.0 Å². The number of nitrogens with zero attached hydrogens (tertiary/aromatic N) is 1. The van der Waals surface area contributed by atoms with Gasteiger partial charge in [0.05, 0.1) is 5.76 Å². The van der Waals surface area contributed by atoms with Crippen LogP contribution in [0.2, 0.25) is 0 Å². The van der Waals surface area contributed by atoms with Gasteiger partial charge in [0.2, 0.25) is 0 Å². The first-order valence-corrected chi connectivity index (χ1v) is 11.8. The molecule has 1 radical (unpaired) electrons. The average molecular weight is 637 g/mol. The van der Waals surface area contributed by atoms with Crippen molar-refractivity contribution < 1.29 is 30.0 Å². The number of aliphatic hydroxyl groups is 1. The van der Waals surface area contributed by atoms with E-state index in [9.17, 15) is 9.90 Å². The Balaban J connectivity index is 0.000000414. The Hall–Kier alpha value is -2.29. The first-order valence-electron chi connectivity index (χ1n) is 11.8. The number of ketones is 1. The molecule has 2 aromatic carbocycles. The maximum Gasteiger partial charge on any atom is 0.161 e. The number of carbonyl (C=O) groups is 1. The summed E-state index contributed by atoms with van der Waals surface area (Å²) in [7, 11) is 0. The molecule has 0 saturated heterocycles. The Morgan fingerprint density at radius 2 is 1.68 bits per heavy atom. The first kappa shape index (κ1) is 29.7. The van der Waals surface area contributed by atoms with Crippen molar-refractivity contribution in [2.45, 2.75) is 61.8 Å². The van der Waals surface area contributed by atoms with E-state index < -0.39 is 0 Å². The molecule has 1 aromatic heterocycles. The van der Waals surface area contributed by atoms with Crippen LogP contribution in [0.15, 0.2) is 54.4 Å². The van der Waals surface area contributed by atoms with Gasteiger partial charge in [-0.3, -0.25) is 4.79 Å². The Labute approximate surface area is 219 Å². The van der Waals surface area contributed by atoms with Crippen LogP contribution in [0.3, 0.4) is 0 Å². The number of carbonyl (C=O) groups excluding carboxylic acids is 1. The Bertz CT molecular complexity index is 1110. The van der Waals surface area contributed by atoms with Crippen molar-refractivity contribution >= 4 is 16.6 Å². The summed E-state index contributed by atoms with van der Waals surface area (Å²) in [6, 6.07) is 16.6. The summed E-state index contributed by atoms with van der Waals surface area (Å²) in [5.74, 6) is 0.833. The molecule has 0 aliphatic carbocycles. The molecule has 0 aliphatic heterocycles. The van der Waals surface area contributed by atoms with Gasteiger partial charge in [-0.15, -0.1) is 34.9 Å². The van der Waals surface area contributed by atoms with Gasteiger partial charge in [-0.25, -0.2) is 0 Å². The second-order valence-corrected chi connectivity index (χ2v) is 9.85. The summed E-state index contributed by atoms with van der Waals surface area (Å²) in [5.41, 5.74) is 5.91. The monoisotopic (exact) mass is 637 g/mol. The standard InChI is InChI=1S/C21H22N.C9H16O2.Ir/c1-14(2)9-17-5-6-20-18(13-17)7-8-22-21(20)19-11-15(3)10-16(4)12-19;1-6(2)8(10)5-9(11)7(3)4;/h5-8,10-11,13-14H,9H2,1-4H3;5-7,10H,1-4H3;/q-1;;/b;8-5-;. The van der Waals surface area contributed by atoms with Crippen molar-refractivity contribution in [1.29, 1.82) is 0 Å². The zero-order chi connectivity index (χ0) is 24.7. The van der Waals surface area contributed by atoms with E-state index in [-0.39, 0.29) is 43.5 Å². The summed E-state index contributed by atoms with van der Waals surface area (Å²) < 4.78 is 0. The van der Waals surface area contributed by atoms with Gasteiger partial charge < -0.3 is 10.1 Å². The minimum atomic E-state index is -0.0316. The minimum absolute atomic E-state index is 0. The van der Waals surface area contributed by atoms with E-state index >= 15 is 0 Å². The number of hydrogen-bond donors (Lipinski definition) is 1. The molecule has 0 spiro atoms. The van der Waals surface area contributed by atoms with Crippen molar-refractivity contribution in [2.24, 2.45) is 17.8 Å². The van der Waals surface area contributed by atoms with Crippen molar-refractivity contribution in [3.05, 3.63) is 77.2 Å². The molecule has 0 atom stereocenters. The Morgan fingerprint density at radius 3 is 2.24 bits per heavy atom. The van der Waals surface area contributed by atoms with Gasteiger partial charge in [-0.05, 0) is 40.4 Å². The number of benzene rings is 2. The van der Waals surface area contributed by atoms with Crippen molar-refractivity contribution in [3.63, 3.8) is 0 Å². The maximum absolute atomic E-state index is 11.0. The van der Waals surface area contributed by atoms with Gasteiger partial charge in [-0.2, -0.15) is 0 Å². The van der Waals surface area contributed by atoms with Crippen LogP contribution in [0.4, 0.5) is 0 Å². The van der Waals surface area contributed by atoms with Crippen molar-refractivity contribution in [3.8, 4) is 11.3 Å². The smallest absolute Gasteiger partial charge is 0.161 e. The molecule has 3 aromatic rings. The number of aromatic nitrogens is 1. The minimum Gasteiger partial charge on any atom is -0.512 e. The number of rotatable bonds is 6. The topological polar surface area (TPSA) is 50.2 Å². The molecule has 1 N–H and O–H groups in total. The molecular formula is C30H38IrNO2-. The fraction of sp³-hybridized carbons (Fsp3) is 0.400. The third-order valence-electron chi connectivity index (χ3n) is 5.33. The second-order valence-electron chi connectivity index (χ2n) is 9.85. The van der Waals surface area contributed by atoms with Crippen molar-refractivity contribution in [1.82, 2.24) is 4.98 Å². The summed E-state index contributed by atoms with van der Waals surface area (Å²) in [6.45, 7) is 16.0. The number of fused-ring (bicyclic) bond motifs is 1. The predicted molar refractivity (Wildman–Crippen MR) is 139 cm³/mol. The van der Waals surface area contributed by atoms with E-state index in [2.05, 4.69) is 75.1 Å². The van der Waals surface area contributed by atoms with Gasteiger partial charge in [0, 0.05) is 44.2 Å². The van der Waals surface area contributed by atoms with Crippen LogP contribution < -0.4 is 0 Å². The quantitative estimate of drug-likeness (QED) is 0.171. The van der Waals surface area contributed by atoms with Gasteiger partial charge in [0.25, 0.3) is 0 Å². The number of pyridine rings is 1. The predicted octanol–water partition coefficient (Wildman–Crippen LogP) is 7.82. The van der Waals surface area contributed by atoms with E-state index in [0.717, 1.165) is 23.2 Å². The Morgan fingerprint density at radius 1 is 1.00 bits per heavy atom. The molecular weight excluding hydrogens is 599 g/mol. The second kappa shape index (κ2) is 13.6. The molecule has 0 amide bonds. The molecule has 0 saturated carbocycles. The van der Waals surface area contributed by atoms with Gasteiger partial charge in [0.1, 0.15) is 0 Å². The fourth-order valence-corrected chi connectivity index (χ4v) is 3.54. The molecule has 34 heavy (non-hydrogen) atoms. The van der Waals surface area contributed by atoms with Crippen LogP contribution in [0, 0.1) is 37.7 Å². The molecule has 0 bridgehead atoms. The molecule has 0 fully saturated rings. The fourth-order valence-electron chi connectivity index (χ4n) is 3.54. The Kier molecular flexibility index (Phi) is 11.9. The van der Waals surface area contributed by atoms with Gasteiger partial charge in [-0.1, -0.05) is 73.6 Å². The van der Waals surface area contributed by atoms with Crippen molar-refractivity contribution in [2.75, 3.05) is 0 Å². The summed E-state index contributed by atoms with van der Waals surface area (Å²) in [6.07, 6.45) is 4.33. The van der Waals surface area contributed by atoms with E-state index in [1.807, 2.05) is 33.9 Å². The summed E-state index contributed by atoms with van der Waals surface area (Å²) in [4.78, 5) is 15.6. The van der Waals surface area contributed by atoms with Gasteiger partial charge in [0.15, 0.2) is 5.78 Å². The van der Waals surface area contributed by atoms with Crippen LogP contribution in [0.5, 0.6) is 0 Å². The molecule has 4 heteroatoms. The molecule has 0 unspecified atom stereocenters. The molecule has 3 nitrogen and oxygen atoms in total. The maximum atomic E-state index is 11.0.